The maximum atomic E-state index is 11.7. The summed E-state index contributed by atoms with van der Waals surface area (Å²) < 4.78 is 7.52. The molecular formula is C13H15BrN4O2. The summed E-state index contributed by atoms with van der Waals surface area (Å²) in [6.45, 7) is 7.65. The molecule has 0 aliphatic heterocycles. The van der Waals surface area contributed by atoms with Crippen molar-refractivity contribution in [1.29, 1.82) is 0 Å². The van der Waals surface area contributed by atoms with Crippen molar-refractivity contribution in [3.8, 4) is 5.95 Å². The van der Waals surface area contributed by atoms with E-state index >= 15 is 0 Å². The molecule has 106 valence electrons. The minimum absolute atomic E-state index is 0.324. The number of hydrogen-bond acceptors (Lipinski definition) is 5. The van der Waals surface area contributed by atoms with Crippen LogP contribution in [0.5, 0.6) is 0 Å². The second-order valence-corrected chi connectivity index (χ2v) is 5.08. The summed E-state index contributed by atoms with van der Waals surface area (Å²) in [6, 6.07) is 0. The molecule has 2 rings (SSSR count). The molecule has 0 aliphatic rings. The monoisotopic (exact) mass is 338 g/mol. The van der Waals surface area contributed by atoms with Gasteiger partial charge in [-0.15, -0.1) is 0 Å². The Balaban J connectivity index is 2.43. The van der Waals surface area contributed by atoms with Gasteiger partial charge >= 0.3 is 5.97 Å². The average molecular weight is 339 g/mol. The van der Waals surface area contributed by atoms with E-state index in [2.05, 4.69) is 31.0 Å². The van der Waals surface area contributed by atoms with E-state index in [1.54, 1.807) is 18.5 Å². The third-order valence-electron chi connectivity index (χ3n) is 2.85. The first kappa shape index (κ1) is 14.6. The number of carbonyl (C=O) groups is 1. The predicted octanol–water partition coefficient (Wildman–Crippen LogP) is 2.53. The number of halogens is 1. The van der Waals surface area contributed by atoms with Crippen molar-refractivity contribution < 1.29 is 9.53 Å². The number of hydrogen-bond donors (Lipinski definition) is 0. The third kappa shape index (κ3) is 2.58. The van der Waals surface area contributed by atoms with E-state index in [4.69, 9.17) is 4.74 Å². The van der Waals surface area contributed by atoms with Crippen LogP contribution in [0.3, 0.4) is 0 Å². The fraction of sp³-hybridized carbons (Fsp3) is 0.385. The summed E-state index contributed by atoms with van der Waals surface area (Å²) in [5.41, 5.74) is 2.71. The van der Waals surface area contributed by atoms with Gasteiger partial charge in [0.05, 0.1) is 33.7 Å². The van der Waals surface area contributed by atoms with Crippen molar-refractivity contribution in [3.63, 3.8) is 0 Å². The first-order valence-corrected chi connectivity index (χ1v) is 6.97. The Morgan fingerprint density at radius 1 is 1.35 bits per heavy atom. The van der Waals surface area contributed by atoms with Crippen LogP contribution in [-0.4, -0.2) is 32.3 Å². The van der Waals surface area contributed by atoms with Crippen LogP contribution in [0, 0.1) is 20.8 Å². The number of nitrogens with zero attached hydrogens (tertiary/aromatic N) is 4. The minimum atomic E-state index is -0.411. The van der Waals surface area contributed by atoms with Crippen molar-refractivity contribution >= 4 is 21.9 Å². The van der Waals surface area contributed by atoms with Crippen LogP contribution < -0.4 is 0 Å². The Morgan fingerprint density at radius 3 is 2.55 bits per heavy atom. The largest absolute Gasteiger partial charge is 0.462 e. The zero-order chi connectivity index (χ0) is 14.9. The van der Waals surface area contributed by atoms with Crippen LogP contribution in [-0.2, 0) is 4.74 Å². The van der Waals surface area contributed by atoms with Crippen LogP contribution in [0.1, 0.15) is 34.4 Å². The molecule has 0 N–H and O–H groups in total. The fourth-order valence-corrected chi connectivity index (χ4v) is 2.03. The van der Waals surface area contributed by atoms with Gasteiger partial charge in [-0.1, -0.05) is 0 Å². The van der Waals surface area contributed by atoms with E-state index in [-0.39, 0.29) is 0 Å². The van der Waals surface area contributed by atoms with E-state index in [0.717, 1.165) is 15.9 Å². The second-order valence-electron chi connectivity index (χ2n) is 4.29. The number of aromatic nitrogens is 4. The number of ether oxygens (including phenoxy) is 1. The molecule has 20 heavy (non-hydrogen) atoms. The molecular weight excluding hydrogens is 324 g/mol. The highest BCUT2D eigenvalue weighted by Crippen LogP contribution is 2.21. The van der Waals surface area contributed by atoms with Crippen LogP contribution in [0.15, 0.2) is 10.7 Å². The van der Waals surface area contributed by atoms with Gasteiger partial charge in [0.25, 0.3) is 5.95 Å². The summed E-state index contributed by atoms with van der Waals surface area (Å²) in [7, 11) is 0. The summed E-state index contributed by atoms with van der Waals surface area (Å²) in [5.74, 6) is 0.0212. The second kappa shape index (κ2) is 5.70. The van der Waals surface area contributed by atoms with Crippen molar-refractivity contribution in [1.82, 2.24) is 19.7 Å². The van der Waals surface area contributed by atoms with Gasteiger partial charge in [0.1, 0.15) is 0 Å². The molecule has 0 spiro atoms. The molecule has 0 aromatic carbocycles. The smallest absolute Gasteiger partial charge is 0.341 e. The van der Waals surface area contributed by atoms with Crippen LogP contribution >= 0.6 is 15.9 Å². The molecule has 6 nitrogen and oxygen atoms in total. The molecule has 0 bridgehead atoms. The molecule has 2 heterocycles. The van der Waals surface area contributed by atoms with Gasteiger partial charge in [0, 0.05) is 6.20 Å². The molecule has 0 radical (unpaired) electrons. The van der Waals surface area contributed by atoms with Crippen LogP contribution in [0.2, 0.25) is 0 Å². The van der Waals surface area contributed by atoms with Gasteiger partial charge in [-0.25, -0.2) is 19.4 Å². The van der Waals surface area contributed by atoms with Crippen LogP contribution in [0.25, 0.3) is 5.95 Å². The first-order chi connectivity index (χ1) is 9.45. The SMILES string of the molecule is CCOC(=O)c1cnc(-n2nc(C)c(Br)c2C)nc1C. The summed E-state index contributed by atoms with van der Waals surface area (Å²) in [4.78, 5) is 20.2. The predicted molar refractivity (Wildman–Crippen MR) is 77.0 cm³/mol. The van der Waals surface area contributed by atoms with Gasteiger partial charge < -0.3 is 4.74 Å². The molecule has 0 saturated heterocycles. The first-order valence-electron chi connectivity index (χ1n) is 6.18. The zero-order valence-corrected chi connectivity index (χ0v) is 13.4. The van der Waals surface area contributed by atoms with E-state index < -0.39 is 5.97 Å². The quantitative estimate of drug-likeness (QED) is 0.804. The lowest BCUT2D eigenvalue weighted by Gasteiger charge is -2.07. The fourth-order valence-electron chi connectivity index (χ4n) is 1.78. The minimum Gasteiger partial charge on any atom is -0.462 e. The molecule has 0 fully saturated rings. The standard InChI is InChI=1S/C13H15BrN4O2/c1-5-20-12(19)10-6-15-13(16-7(10)2)18-9(4)11(14)8(3)17-18/h6H,5H2,1-4H3. The van der Waals surface area contributed by atoms with E-state index in [1.807, 2.05) is 13.8 Å². The molecule has 0 aliphatic carbocycles. The van der Waals surface area contributed by atoms with Crippen molar-refractivity contribution in [2.75, 3.05) is 6.61 Å². The number of carbonyl (C=O) groups excluding carboxylic acids is 1. The van der Waals surface area contributed by atoms with Crippen molar-refractivity contribution in [2.45, 2.75) is 27.7 Å². The highest BCUT2D eigenvalue weighted by Gasteiger charge is 2.16. The highest BCUT2D eigenvalue weighted by atomic mass is 79.9. The maximum Gasteiger partial charge on any atom is 0.341 e. The number of esters is 1. The summed E-state index contributed by atoms with van der Waals surface area (Å²) in [6.07, 6.45) is 1.47. The Morgan fingerprint density at radius 2 is 2.05 bits per heavy atom. The normalized spacial score (nSPS) is 10.7. The lowest BCUT2D eigenvalue weighted by atomic mass is 10.2. The molecule has 2 aromatic heterocycles. The Hall–Kier alpha value is -1.76. The molecule has 0 unspecified atom stereocenters. The van der Waals surface area contributed by atoms with E-state index in [0.29, 0.717) is 23.8 Å². The Labute approximate surface area is 125 Å². The average Bonchev–Trinajstić information content (AvgIpc) is 2.66. The summed E-state index contributed by atoms with van der Waals surface area (Å²) >= 11 is 3.46. The molecule has 0 atom stereocenters. The molecule has 7 heteroatoms. The van der Waals surface area contributed by atoms with Gasteiger partial charge in [0.2, 0.25) is 0 Å². The zero-order valence-electron chi connectivity index (χ0n) is 11.8. The Bertz CT molecular complexity index is 667. The lowest BCUT2D eigenvalue weighted by Crippen LogP contribution is -2.12. The number of rotatable bonds is 3. The number of aryl methyl sites for hydroxylation is 2. The van der Waals surface area contributed by atoms with Gasteiger partial charge in [-0.2, -0.15) is 5.10 Å². The van der Waals surface area contributed by atoms with E-state index in [1.165, 1.54) is 6.20 Å². The van der Waals surface area contributed by atoms with E-state index in [9.17, 15) is 4.79 Å². The van der Waals surface area contributed by atoms with Crippen LogP contribution in [0.4, 0.5) is 0 Å². The molecule has 2 aromatic rings. The van der Waals surface area contributed by atoms with Crippen molar-refractivity contribution in [2.24, 2.45) is 0 Å². The molecule has 0 saturated carbocycles. The van der Waals surface area contributed by atoms with Gasteiger partial charge in [-0.05, 0) is 43.6 Å². The topological polar surface area (TPSA) is 69.9 Å². The third-order valence-corrected chi connectivity index (χ3v) is 4.00. The lowest BCUT2D eigenvalue weighted by molar-refractivity contribution is 0.0524. The van der Waals surface area contributed by atoms with Crippen molar-refractivity contribution in [3.05, 3.63) is 33.3 Å². The Kier molecular flexibility index (Phi) is 4.17. The highest BCUT2D eigenvalue weighted by molar-refractivity contribution is 9.10. The maximum absolute atomic E-state index is 11.7. The summed E-state index contributed by atoms with van der Waals surface area (Å²) in [5, 5.41) is 4.36. The van der Waals surface area contributed by atoms with Gasteiger partial charge in [-0.3, -0.25) is 0 Å². The molecule has 0 amide bonds. The van der Waals surface area contributed by atoms with Gasteiger partial charge in [0.15, 0.2) is 0 Å².